The van der Waals surface area contributed by atoms with Crippen molar-refractivity contribution in [2.45, 2.75) is 58.5 Å². The predicted molar refractivity (Wildman–Crippen MR) is 106 cm³/mol. The van der Waals surface area contributed by atoms with Crippen LogP contribution in [0.4, 0.5) is 0 Å². The summed E-state index contributed by atoms with van der Waals surface area (Å²) in [6, 6.07) is 9.95. The highest BCUT2D eigenvalue weighted by molar-refractivity contribution is 8.22. The molecular weight excluding hydrogens is 363 g/mol. The maximum absolute atomic E-state index is 13.0. The number of hydrogen-bond acceptors (Lipinski definition) is 6. The first-order valence-electron chi connectivity index (χ1n) is 7.73. The molecule has 0 aromatic heterocycles. The van der Waals surface area contributed by atoms with Gasteiger partial charge in [0, 0.05) is 5.75 Å². The maximum Gasteiger partial charge on any atom is 0.368 e. The Labute approximate surface area is 155 Å². The van der Waals surface area contributed by atoms with Crippen LogP contribution >= 0.6 is 31.6 Å². The first kappa shape index (κ1) is 21.7. The van der Waals surface area contributed by atoms with Gasteiger partial charge in [0.1, 0.15) is 0 Å². The lowest BCUT2D eigenvalue weighted by atomic mass is 10.2. The molecule has 1 aromatic carbocycles. The second kappa shape index (κ2) is 8.81. The van der Waals surface area contributed by atoms with E-state index in [9.17, 15) is 4.57 Å². The summed E-state index contributed by atoms with van der Waals surface area (Å²) >= 11 is 6.60. The molecule has 0 atom stereocenters. The topological polar surface area (TPSA) is 44.8 Å². The van der Waals surface area contributed by atoms with E-state index >= 15 is 0 Å². The number of thiocarbonyl (C=S) groups is 1. The van der Waals surface area contributed by atoms with Gasteiger partial charge in [-0.2, -0.15) is 0 Å². The van der Waals surface area contributed by atoms with Gasteiger partial charge in [-0.25, -0.2) is 0 Å². The fourth-order valence-electron chi connectivity index (χ4n) is 1.80. The Kier molecular flexibility index (Phi) is 7.95. The van der Waals surface area contributed by atoms with Gasteiger partial charge >= 0.3 is 7.60 Å². The minimum Gasteiger partial charge on any atom is -0.466 e. The average molecular weight is 391 g/mol. The third kappa shape index (κ3) is 9.80. The highest BCUT2D eigenvalue weighted by Crippen LogP contribution is 2.54. The molecule has 0 saturated heterocycles. The molecule has 0 N–H and O–H groups in total. The van der Waals surface area contributed by atoms with Crippen LogP contribution in [-0.4, -0.2) is 21.9 Å². The van der Waals surface area contributed by atoms with E-state index in [1.54, 1.807) is 0 Å². The van der Waals surface area contributed by atoms with Crippen LogP contribution in [0.5, 0.6) is 0 Å². The van der Waals surface area contributed by atoms with Gasteiger partial charge < -0.3 is 13.8 Å². The van der Waals surface area contributed by atoms with E-state index in [-0.39, 0.29) is 6.35 Å². The van der Waals surface area contributed by atoms with Crippen molar-refractivity contribution < 1.29 is 18.3 Å². The summed E-state index contributed by atoms with van der Waals surface area (Å²) in [7, 11) is -3.43. The Hall–Kier alpha value is -0.390. The van der Waals surface area contributed by atoms with Crippen molar-refractivity contribution in [3.05, 3.63) is 35.9 Å². The summed E-state index contributed by atoms with van der Waals surface area (Å²) in [5.74, 6) is 0.699. The summed E-state index contributed by atoms with van der Waals surface area (Å²) in [4.78, 5) is 0. The van der Waals surface area contributed by atoms with Crippen LogP contribution in [0, 0.1) is 0 Å². The van der Waals surface area contributed by atoms with E-state index in [0.29, 0.717) is 10.1 Å². The molecule has 0 spiro atoms. The van der Waals surface area contributed by atoms with Crippen molar-refractivity contribution in [3.63, 3.8) is 0 Å². The minimum atomic E-state index is -3.43. The summed E-state index contributed by atoms with van der Waals surface area (Å²) < 4.78 is 30.1. The lowest BCUT2D eigenvalue weighted by Crippen LogP contribution is -2.25. The van der Waals surface area contributed by atoms with Gasteiger partial charge in [-0.15, -0.1) is 0 Å². The molecule has 7 heteroatoms. The molecule has 0 aliphatic rings. The summed E-state index contributed by atoms with van der Waals surface area (Å²) in [5.41, 5.74) is -0.0696. The Balaban J connectivity index is 2.60. The lowest BCUT2D eigenvalue weighted by molar-refractivity contribution is 0.0417. The molecule has 0 amide bonds. The van der Waals surface area contributed by atoms with E-state index in [1.165, 1.54) is 11.8 Å². The van der Waals surface area contributed by atoms with E-state index in [2.05, 4.69) is 0 Å². The predicted octanol–water partition coefficient (Wildman–Crippen LogP) is 6.00. The van der Waals surface area contributed by atoms with Gasteiger partial charge in [0.15, 0.2) is 6.35 Å². The average Bonchev–Trinajstić information content (AvgIpc) is 2.40. The second-order valence-electron chi connectivity index (χ2n) is 7.32. The molecule has 0 fully saturated rings. The van der Waals surface area contributed by atoms with Crippen LogP contribution in [0.2, 0.25) is 0 Å². The summed E-state index contributed by atoms with van der Waals surface area (Å²) in [6.07, 6.45) is -0.192. The number of thioether (sulfide) groups is 1. The van der Waals surface area contributed by atoms with Gasteiger partial charge in [0.25, 0.3) is 0 Å². The molecule has 1 aromatic rings. The zero-order valence-electron chi connectivity index (χ0n) is 15.2. The third-order valence-corrected chi connectivity index (χ3v) is 5.77. The van der Waals surface area contributed by atoms with Gasteiger partial charge in [-0.1, -0.05) is 42.1 Å². The molecule has 0 radical (unpaired) electrons. The fraction of sp³-hybridized carbons (Fsp3) is 0.588. The Morgan fingerprint density at radius 2 is 1.54 bits per heavy atom. The zero-order valence-corrected chi connectivity index (χ0v) is 17.7. The number of benzene rings is 1. The number of hydrogen-bond donors (Lipinski definition) is 0. The SMILES string of the molecule is CC(C)(C)OP(=O)(COC(=S)SCc1ccccc1)OC(C)(C)C. The molecule has 0 bridgehead atoms. The highest BCUT2D eigenvalue weighted by atomic mass is 32.2. The van der Waals surface area contributed by atoms with Crippen molar-refractivity contribution in [2.24, 2.45) is 0 Å². The van der Waals surface area contributed by atoms with Gasteiger partial charge in [-0.3, -0.25) is 4.57 Å². The summed E-state index contributed by atoms with van der Waals surface area (Å²) in [5, 5.41) is 0. The molecule has 0 unspecified atom stereocenters. The van der Waals surface area contributed by atoms with Crippen LogP contribution in [0.1, 0.15) is 47.1 Å². The Morgan fingerprint density at radius 3 is 2.00 bits per heavy atom. The Bertz CT molecular complexity index is 556. The number of rotatable bonds is 6. The van der Waals surface area contributed by atoms with Crippen LogP contribution in [0.15, 0.2) is 30.3 Å². The highest BCUT2D eigenvalue weighted by Gasteiger charge is 2.36. The minimum absolute atomic E-state index is 0.192. The van der Waals surface area contributed by atoms with Crippen molar-refractivity contribution in [2.75, 3.05) is 6.35 Å². The largest absolute Gasteiger partial charge is 0.466 e. The van der Waals surface area contributed by atoms with Crippen LogP contribution in [0.3, 0.4) is 0 Å². The molecule has 0 aliphatic carbocycles. The van der Waals surface area contributed by atoms with Crippen LogP contribution in [0.25, 0.3) is 0 Å². The maximum atomic E-state index is 13.0. The van der Waals surface area contributed by atoms with E-state index < -0.39 is 18.8 Å². The van der Waals surface area contributed by atoms with Crippen molar-refractivity contribution in [1.29, 1.82) is 0 Å². The summed E-state index contributed by atoms with van der Waals surface area (Å²) in [6.45, 7) is 11.0. The van der Waals surface area contributed by atoms with E-state index in [0.717, 1.165) is 5.56 Å². The standard InChI is InChI=1S/C17H27O4PS2/c1-16(2,3)20-22(18,21-17(4,5)6)13-19-15(23)24-12-14-10-8-7-9-11-14/h7-11H,12-13H2,1-6H3. The van der Waals surface area contributed by atoms with Crippen molar-refractivity contribution in [1.82, 2.24) is 0 Å². The number of ether oxygens (including phenoxy) is 1. The smallest absolute Gasteiger partial charge is 0.368 e. The third-order valence-electron chi connectivity index (χ3n) is 2.37. The first-order chi connectivity index (χ1) is 10.9. The van der Waals surface area contributed by atoms with Gasteiger partial charge in [0.05, 0.1) is 11.2 Å². The lowest BCUT2D eigenvalue weighted by Gasteiger charge is -2.31. The Morgan fingerprint density at radius 1 is 1.04 bits per heavy atom. The van der Waals surface area contributed by atoms with E-state index in [1.807, 2.05) is 71.9 Å². The van der Waals surface area contributed by atoms with Gasteiger partial charge in [0.2, 0.25) is 4.38 Å². The van der Waals surface area contributed by atoms with Gasteiger partial charge in [-0.05, 0) is 59.3 Å². The monoisotopic (exact) mass is 390 g/mol. The van der Waals surface area contributed by atoms with E-state index in [4.69, 9.17) is 26.0 Å². The first-order valence-corrected chi connectivity index (χ1v) is 10.8. The van der Waals surface area contributed by atoms with Crippen LogP contribution < -0.4 is 0 Å². The molecule has 4 nitrogen and oxygen atoms in total. The molecule has 1 rings (SSSR count). The molecule has 0 aliphatic heterocycles. The van der Waals surface area contributed by atoms with Crippen molar-refractivity contribution >= 4 is 36.0 Å². The second-order valence-corrected chi connectivity index (χ2v) is 10.7. The molecule has 136 valence electrons. The van der Waals surface area contributed by atoms with Crippen LogP contribution in [-0.2, 0) is 24.1 Å². The molecule has 0 heterocycles. The quantitative estimate of drug-likeness (QED) is 0.438. The zero-order chi connectivity index (χ0) is 18.4. The molecular formula is C17H27O4PS2. The molecule has 0 saturated carbocycles. The normalized spacial score (nSPS) is 12.9. The molecule has 24 heavy (non-hydrogen) atoms. The fourth-order valence-corrected chi connectivity index (χ4v) is 4.92. The van der Waals surface area contributed by atoms with Crippen molar-refractivity contribution in [3.8, 4) is 0 Å².